The molecule has 416 valence electrons. The summed E-state index contributed by atoms with van der Waals surface area (Å²) in [5.74, 6) is -4.98. The number of esters is 6. The topological polar surface area (TPSA) is 217 Å². The third-order valence-electron chi connectivity index (χ3n) is 17.6. The maximum atomic E-state index is 13.8. The lowest BCUT2D eigenvalue weighted by molar-refractivity contribution is -0.230. The van der Waals surface area contributed by atoms with Crippen LogP contribution in [0.15, 0.2) is 103 Å². The number of carbonyl (C=O) groups is 6. The van der Waals surface area contributed by atoms with Crippen LogP contribution in [0.2, 0.25) is 0 Å². The highest BCUT2D eigenvalue weighted by atomic mass is 16.7. The van der Waals surface area contributed by atoms with Crippen molar-refractivity contribution in [1.82, 2.24) is 0 Å². The second-order valence-corrected chi connectivity index (χ2v) is 22.9. The first kappa shape index (κ1) is 57.2. The van der Waals surface area contributed by atoms with E-state index in [-0.39, 0.29) is 60.4 Å². The number of benzene rings is 3. The third kappa shape index (κ3) is 12.2. The summed E-state index contributed by atoms with van der Waals surface area (Å²) in [7, 11) is 0. The summed E-state index contributed by atoms with van der Waals surface area (Å²) in [4.78, 5) is 79.6. The molecule has 4 fully saturated rings. The molecule has 16 heteroatoms. The van der Waals surface area contributed by atoms with Gasteiger partial charge in [-0.1, -0.05) is 102 Å². The maximum Gasteiger partial charge on any atom is 0.338 e. The Labute approximate surface area is 451 Å². The SMILES string of the molecule is CC(=O)O[C@H]1[C@H](OC(C)=O)[C@@H]2[C@](C)(CC[C@H]3[C@@]2(O)C[C@@H](OC(C)=O)C2=C[C@@H](O)CC[C@@]23C)[C@H]1[C@H](C)CC[C@H](CCO[C@@H]1O[C@@H](COC(=O)c2ccccc2)[C@H](OC(=O)c2ccccc2)[C@H]1OC(=O)c1ccccc1)C(C)C. The van der Waals surface area contributed by atoms with Crippen molar-refractivity contribution in [3.05, 3.63) is 119 Å². The van der Waals surface area contributed by atoms with Crippen molar-refractivity contribution in [2.24, 2.45) is 46.3 Å². The molecule has 4 aliphatic carbocycles. The number of carbonyl (C=O) groups excluding carboxylic acids is 6. The van der Waals surface area contributed by atoms with Crippen molar-refractivity contribution < 1.29 is 76.9 Å². The van der Waals surface area contributed by atoms with Gasteiger partial charge in [0.15, 0.2) is 18.5 Å². The summed E-state index contributed by atoms with van der Waals surface area (Å²) < 4.78 is 49.3. The quantitative estimate of drug-likeness (QED) is 0.0651. The Balaban J connectivity index is 1.03. The molecule has 1 aliphatic heterocycles. The van der Waals surface area contributed by atoms with Crippen LogP contribution in [0.25, 0.3) is 0 Å². The predicted octanol–water partition coefficient (Wildman–Crippen LogP) is 8.79. The number of ether oxygens (including phenoxy) is 8. The lowest BCUT2D eigenvalue weighted by Gasteiger charge is -2.64. The largest absolute Gasteiger partial charge is 0.459 e. The second-order valence-electron chi connectivity index (χ2n) is 22.9. The molecule has 0 spiro atoms. The highest BCUT2D eigenvalue weighted by Gasteiger charge is 2.74. The number of rotatable bonds is 19. The van der Waals surface area contributed by atoms with Gasteiger partial charge >= 0.3 is 35.8 Å². The number of hydrogen-bond donors (Lipinski definition) is 2. The molecular formula is C61H76O16. The van der Waals surface area contributed by atoms with Crippen LogP contribution < -0.4 is 0 Å². The maximum absolute atomic E-state index is 13.8. The summed E-state index contributed by atoms with van der Waals surface area (Å²) in [6.07, 6.45) is -2.35. The van der Waals surface area contributed by atoms with Gasteiger partial charge in [0.05, 0.1) is 35.0 Å². The molecule has 1 heterocycles. The first-order chi connectivity index (χ1) is 36.6. The number of aliphatic hydroxyl groups excluding tert-OH is 1. The van der Waals surface area contributed by atoms with E-state index < -0.39 is 107 Å². The van der Waals surface area contributed by atoms with E-state index in [0.29, 0.717) is 50.5 Å². The lowest BCUT2D eigenvalue weighted by Crippen LogP contribution is -2.67. The van der Waals surface area contributed by atoms with E-state index in [9.17, 15) is 39.0 Å². The Morgan fingerprint density at radius 1 is 0.649 bits per heavy atom. The lowest BCUT2D eigenvalue weighted by atomic mass is 9.43. The Kier molecular flexibility index (Phi) is 17.8. The zero-order valence-electron chi connectivity index (χ0n) is 45.5. The zero-order chi connectivity index (χ0) is 55.4. The zero-order valence-corrected chi connectivity index (χ0v) is 45.5. The molecule has 16 atom stereocenters. The second kappa shape index (κ2) is 24.0. The van der Waals surface area contributed by atoms with E-state index in [0.717, 1.165) is 5.57 Å². The van der Waals surface area contributed by atoms with Crippen molar-refractivity contribution >= 4 is 35.8 Å². The molecule has 5 aliphatic rings. The van der Waals surface area contributed by atoms with Gasteiger partial charge in [0.25, 0.3) is 0 Å². The van der Waals surface area contributed by atoms with Gasteiger partial charge in [-0.15, -0.1) is 0 Å². The summed E-state index contributed by atoms with van der Waals surface area (Å²) in [5.41, 5.74) is -1.27. The molecular weight excluding hydrogens is 989 g/mol. The van der Waals surface area contributed by atoms with Crippen molar-refractivity contribution in [2.45, 2.75) is 161 Å². The predicted molar refractivity (Wildman–Crippen MR) is 279 cm³/mol. The highest BCUT2D eigenvalue weighted by molar-refractivity contribution is 5.91. The van der Waals surface area contributed by atoms with Crippen LogP contribution in [0.1, 0.15) is 138 Å². The average Bonchev–Trinajstić information content (AvgIpc) is 3.86. The van der Waals surface area contributed by atoms with Gasteiger partial charge in [-0.25, -0.2) is 14.4 Å². The monoisotopic (exact) mass is 1060 g/mol. The molecule has 0 radical (unpaired) electrons. The molecule has 1 saturated heterocycles. The van der Waals surface area contributed by atoms with Crippen molar-refractivity contribution in [1.29, 1.82) is 0 Å². The van der Waals surface area contributed by atoms with Gasteiger partial charge < -0.3 is 48.1 Å². The van der Waals surface area contributed by atoms with E-state index in [1.807, 2.05) is 0 Å². The fourth-order valence-corrected chi connectivity index (χ4v) is 14.2. The molecule has 8 rings (SSSR count). The minimum Gasteiger partial charge on any atom is -0.459 e. The van der Waals surface area contributed by atoms with Crippen LogP contribution in [0.5, 0.6) is 0 Å². The molecule has 0 bridgehead atoms. The molecule has 3 saturated carbocycles. The highest BCUT2D eigenvalue weighted by Crippen LogP contribution is 2.70. The molecule has 3 aromatic carbocycles. The molecule has 0 unspecified atom stereocenters. The fraction of sp³-hybridized carbons (Fsp3) is 0.574. The molecule has 0 aromatic heterocycles. The Hall–Kier alpha value is -5.94. The van der Waals surface area contributed by atoms with Crippen LogP contribution in [0.4, 0.5) is 0 Å². The number of hydrogen-bond acceptors (Lipinski definition) is 16. The Bertz CT molecular complexity index is 2600. The summed E-state index contributed by atoms with van der Waals surface area (Å²) >= 11 is 0. The van der Waals surface area contributed by atoms with Gasteiger partial charge in [0, 0.05) is 39.0 Å². The normalized spacial score (nSPS) is 33.0. The summed E-state index contributed by atoms with van der Waals surface area (Å²) in [6, 6.07) is 25.1. The van der Waals surface area contributed by atoms with E-state index >= 15 is 0 Å². The van der Waals surface area contributed by atoms with Crippen molar-refractivity contribution in [3.63, 3.8) is 0 Å². The van der Waals surface area contributed by atoms with Gasteiger partial charge in [0.1, 0.15) is 31.0 Å². The van der Waals surface area contributed by atoms with E-state index in [4.69, 9.17) is 37.9 Å². The number of fused-ring (bicyclic) bond motifs is 5. The van der Waals surface area contributed by atoms with E-state index in [2.05, 4.69) is 34.6 Å². The Morgan fingerprint density at radius 2 is 1.19 bits per heavy atom. The average molecular weight is 1070 g/mol. The molecule has 2 N–H and O–H groups in total. The first-order valence-electron chi connectivity index (χ1n) is 27.3. The molecule has 16 nitrogen and oxygen atoms in total. The Morgan fingerprint density at radius 3 is 1.75 bits per heavy atom. The first-order valence-corrected chi connectivity index (χ1v) is 27.3. The van der Waals surface area contributed by atoms with Gasteiger partial charge in [-0.05, 0) is 115 Å². The van der Waals surface area contributed by atoms with Crippen LogP contribution >= 0.6 is 0 Å². The minimum atomic E-state index is -1.52. The van der Waals surface area contributed by atoms with Crippen molar-refractivity contribution in [3.8, 4) is 0 Å². The van der Waals surface area contributed by atoms with Gasteiger partial charge in [-0.2, -0.15) is 0 Å². The molecule has 3 aromatic rings. The minimum absolute atomic E-state index is 0.0273. The van der Waals surface area contributed by atoms with Crippen LogP contribution in [-0.4, -0.2) is 114 Å². The smallest absolute Gasteiger partial charge is 0.338 e. The fourth-order valence-electron chi connectivity index (χ4n) is 14.2. The van der Waals surface area contributed by atoms with Gasteiger partial charge in [-0.3, -0.25) is 14.4 Å². The molecule has 77 heavy (non-hydrogen) atoms. The van der Waals surface area contributed by atoms with Gasteiger partial charge in [0.2, 0.25) is 0 Å². The van der Waals surface area contributed by atoms with Crippen molar-refractivity contribution in [2.75, 3.05) is 13.2 Å². The summed E-state index contributed by atoms with van der Waals surface area (Å²) in [5, 5.41) is 24.4. The standard InChI is InChI=1S/C61H76O16/c1-35(2)40(28-31-70-58-53(77-57(68)43-22-16-11-17-23-43)50(76-56(67)42-20-14-10-15-21-42)47(75-58)34-71-55(66)41-18-12-9-13-19-41)25-24-36(3)49-51(73-38(5)63)52(74-39(6)64)54-60(49,8)30-27-48-59(7)29-26-44(65)32-45(59)46(72-37(4)62)33-61(48,54)69/h9-23,32,35-36,40,44,46-54,58,65,69H,24-31,33-34H2,1-8H3/t36-,40-,44+,46-,47+,48-,49+,50+,51-,52+,53-,54-,58-,59+,60-,61+/m1/s1. The summed E-state index contributed by atoms with van der Waals surface area (Å²) in [6.45, 7) is 14.3. The molecule has 0 amide bonds. The van der Waals surface area contributed by atoms with Crippen LogP contribution in [0.3, 0.4) is 0 Å². The van der Waals surface area contributed by atoms with Crippen LogP contribution in [-0.2, 0) is 52.3 Å². The van der Waals surface area contributed by atoms with E-state index in [1.165, 1.54) is 20.8 Å². The number of aliphatic hydroxyl groups is 2. The van der Waals surface area contributed by atoms with E-state index in [1.54, 1.807) is 97.1 Å². The van der Waals surface area contributed by atoms with Crippen LogP contribution in [0, 0.1) is 46.3 Å². The third-order valence-corrected chi connectivity index (χ3v) is 17.6.